The van der Waals surface area contributed by atoms with Gasteiger partial charge in [0.2, 0.25) is 0 Å². The molecule has 1 aromatic heterocycles. The van der Waals surface area contributed by atoms with E-state index in [9.17, 15) is 14.9 Å². The smallest absolute Gasteiger partial charge is 0.332 e. The van der Waals surface area contributed by atoms with Crippen LogP contribution in [-0.4, -0.2) is 15.7 Å². The first kappa shape index (κ1) is 16.1. The van der Waals surface area contributed by atoms with Gasteiger partial charge in [0.05, 0.1) is 0 Å². The Morgan fingerprint density at radius 3 is 2.38 bits per heavy atom. The summed E-state index contributed by atoms with van der Waals surface area (Å²) in [6.07, 6.45) is 3.03. The van der Waals surface area contributed by atoms with Crippen LogP contribution < -0.4 is 16.6 Å². The highest BCUT2D eigenvalue weighted by molar-refractivity contribution is 5.51. The summed E-state index contributed by atoms with van der Waals surface area (Å²) in [5, 5.41) is 12.4. The zero-order chi connectivity index (χ0) is 17.3. The SMILES string of the molecule is Cn1c(NCCC2Cc3ccccc3C2)c(C#N)c(=O)n(C)c1=O. The van der Waals surface area contributed by atoms with Gasteiger partial charge < -0.3 is 5.32 Å². The summed E-state index contributed by atoms with van der Waals surface area (Å²) in [6.45, 7) is 0.619. The van der Waals surface area contributed by atoms with E-state index >= 15 is 0 Å². The van der Waals surface area contributed by atoms with Gasteiger partial charge in [0, 0.05) is 20.6 Å². The molecule has 0 atom stereocenters. The fraction of sp³-hybridized carbons (Fsp3) is 0.389. The largest absolute Gasteiger partial charge is 0.370 e. The average Bonchev–Trinajstić information content (AvgIpc) is 3.00. The van der Waals surface area contributed by atoms with E-state index in [1.165, 1.54) is 22.7 Å². The van der Waals surface area contributed by atoms with Gasteiger partial charge >= 0.3 is 5.69 Å². The molecule has 124 valence electrons. The van der Waals surface area contributed by atoms with Gasteiger partial charge in [0.1, 0.15) is 11.9 Å². The van der Waals surface area contributed by atoms with Crippen molar-refractivity contribution in [2.75, 3.05) is 11.9 Å². The molecular formula is C18H20N4O2. The lowest BCUT2D eigenvalue weighted by atomic mass is 10.0. The molecule has 0 amide bonds. The van der Waals surface area contributed by atoms with Crippen molar-refractivity contribution >= 4 is 5.82 Å². The first-order valence-electron chi connectivity index (χ1n) is 8.03. The van der Waals surface area contributed by atoms with E-state index in [0.29, 0.717) is 18.3 Å². The van der Waals surface area contributed by atoms with E-state index in [1.807, 2.05) is 6.07 Å². The summed E-state index contributed by atoms with van der Waals surface area (Å²) >= 11 is 0. The molecule has 0 radical (unpaired) electrons. The maximum atomic E-state index is 12.0. The van der Waals surface area contributed by atoms with Crippen molar-refractivity contribution in [3.05, 3.63) is 61.8 Å². The van der Waals surface area contributed by atoms with Crippen molar-refractivity contribution in [1.29, 1.82) is 5.26 Å². The molecule has 3 rings (SSSR count). The predicted molar refractivity (Wildman–Crippen MR) is 92.1 cm³/mol. The fourth-order valence-corrected chi connectivity index (χ4v) is 3.40. The topological polar surface area (TPSA) is 79.8 Å². The van der Waals surface area contributed by atoms with Crippen LogP contribution in [0.5, 0.6) is 0 Å². The molecule has 0 unspecified atom stereocenters. The Morgan fingerprint density at radius 1 is 1.17 bits per heavy atom. The molecule has 1 heterocycles. The highest BCUT2D eigenvalue weighted by Crippen LogP contribution is 2.28. The monoisotopic (exact) mass is 324 g/mol. The number of nitrogens with zero attached hydrogens (tertiary/aromatic N) is 3. The van der Waals surface area contributed by atoms with E-state index in [2.05, 4.69) is 29.6 Å². The first-order chi connectivity index (χ1) is 11.5. The van der Waals surface area contributed by atoms with Crippen LogP contribution in [-0.2, 0) is 26.9 Å². The first-order valence-corrected chi connectivity index (χ1v) is 8.03. The van der Waals surface area contributed by atoms with Gasteiger partial charge in [-0.25, -0.2) is 4.79 Å². The van der Waals surface area contributed by atoms with E-state index in [-0.39, 0.29) is 5.56 Å². The van der Waals surface area contributed by atoms with Crippen LogP contribution in [0.15, 0.2) is 33.9 Å². The minimum atomic E-state index is -0.559. The number of nitriles is 1. The van der Waals surface area contributed by atoms with Crippen molar-refractivity contribution in [1.82, 2.24) is 9.13 Å². The van der Waals surface area contributed by atoms with Crippen LogP contribution in [0.4, 0.5) is 5.82 Å². The summed E-state index contributed by atoms with van der Waals surface area (Å²) < 4.78 is 2.28. The zero-order valence-corrected chi connectivity index (χ0v) is 13.9. The standard InChI is InChI=1S/C18H20N4O2/c1-21-16(15(11-19)17(23)22(2)18(21)24)20-8-7-12-9-13-5-3-4-6-14(13)10-12/h3-6,12,20H,7-10H2,1-2H3. The Hall–Kier alpha value is -2.81. The lowest BCUT2D eigenvalue weighted by molar-refractivity contribution is 0.528. The number of nitrogens with one attached hydrogen (secondary N) is 1. The van der Waals surface area contributed by atoms with Crippen LogP contribution >= 0.6 is 0 Å². The third kappa shape index (κ3) is 2.73. The maximum Gasteiger partial charge on any atom is 0.332 e. The van der Waals surface area contributed by atoms with Gasteiger partial charge in [0.15, 0.2) is 5.56 Å². The second kappa shape index (κ2) is 6.36. The van der Waals surface area contributed by atoms with Crippen LogP contribution in [0.1, 0.15) is 23.1 Å². The second-order valence-corrected chi connectivity index (χ2v) is 6.30. The number of hydrogen-bond donors (Lipinski definition) is 1. The lowest BCUT2D eigenvalue weighted by Gasteiger charge is -2.15. The second-order valence-electron chi connectivity index (χ2n) is 6.30. The normalized spacial score (nSPS) is 13.5. The highest BCUT2D eigenvalue weighted by atomic mass is 16.2. The number of hydrogen-bond acceptors (Lipinski definition) is 4. The molecule has 0 saturated heterocycles. The van der Waals surface area contributed by atoms with E-state index in [1.54, 1.807) is 7.05 Å². The molecule has 1 aliphatic carbocycles. The van der Waals surface area contributed by atoms with Crippen molar-refractivity contribution in [2.24, 2.45) is 20.0 Å². The van der Waals surface area contributed by atoms with Crippen molar-refractivity contribution in [3.63, 3.8) is 0 Å². The molecule has 1 aromatic carbocycles. The average molecular weight is 324 g/mol. The molecule has 0 spiro atoms. The van der Waals surface area contributed by atoms with Crippen molar-refractivity contribution < 1.29 is 0 Å². The number of benzene rings is 1. The molecule has 1 aliphatic rings. The van der Waals surface area contributed by atoms with E-state index in [0.717, 1.165) is 23.8 Å². The maximum absolute atomic E-state index is 12.0. The van der Waals surface area contributed by atoms with Gasteiger partial charge in [-0.2, -0.15) is 5.26 Å². The number of fused-ring (bicyclic) bond motifs is 1. The number of anilines is 1. The Balaban J connectivity index is 1.72. The van der Waals surface area contributed by atoms with Gasteiger partial charge in [-0.3, -0.25) is 13.9 Å². The van der Waals surface area contributed by atoms with E-state index < -0.39 is 11.2 Å². The highest BCUT2D eigenvalue weighted by Gasteiger charge is 2.21. The Kier molecular flexibility index (Phi) is 4.26. The van der Waals surface area contributed by atoms with E-state index in [4.69, 9.17) is 0 Å². The zero-order valence-electron chi connectivity index (χ0n) is 13.9. The van der Waals surface area contributed by atoms with Gasteiger partial charge in [-0.1, -0.05) is 24.3 Å². The molecule has 6 heteroatoms. The fourth-order valence-electron chi connectivity index (χ4n) is 3.40. The summed E-state index contributed by atoms with van der Waals surface area (Å²) in [6, 6.07) is 10.4. The molecule has 1 N–H and O–H groups in total. The van der Waals surface area contributed by atoms with Crippen LogP contribution in [0, 0.1) is 17.2 Å². The third-order valence-corrected chi connectivity index (χ3v) is 4.76. The van der Waals surface area contributed by atoms with Gasteiger partial charge in [0.25, 0.3) is 5.56 Å². The Bertz CT molecular complexity index is 909. The lowest BCUT2D eigenvalue weighted by Crippen LogP contribution is -2.40. The Morgan fingerprint density at radius 2 is 1.79 bits per heavy atom. The number of aromatic nitrogens is 2. The van der Waals surface area contributed by atoms with Gasteiger partial charge in [-0.05, 0) is 36.3 Å². The summed E-state index contributed by atoms with van der Waals surface area (Å²) in [7, 11) is 2.95. The summed E-state index contributed by atoms with van der Waals surface area (Å²) in [5.74, 6) is 0.852. The van der Waals surface area contributed by atoms with Crippen molar-refractivity contribution in [3.8, 4) is 6.07 Å². The molecular weight excluding hydrogens is 304 g/mol. The minimum Gasteiger partial charge on any atom is -0.370 e. The molecule has 2 aromatic rings. The molecule has 24 heavy (non-hydrogen) atoms. The quantitative estimate of drug-likeness (QED) is 0.915. The molecule has 0 saturated carbocycles. The summed E-state index contributed by atoms with van der Waals surface area (Å²) in [4.78, 5) is 24.1. The molecule has 0 fully saturated rings. The molecule has 0 aliphatic heterocycles. The van der Waals surface area contributed by atoms with Crippen LogP contribution in [0.3, 0.4) is 0 Å². The summed E-state index contributed by atoms with van der Waals surface area (Å²) in [5.41, 5.74) is 1.79. The molecule has 0 bridgehead atoms. The van der Waals surface area contributed by atoms with Crippen LogP contribution in [0.25, 0.3) is 0 Å². The molecule has 6 nitrogen and oxygen atoms in total. The minimum absolute atomic E-state index is 0.0192. The van der Waals surface area contributed by atoms with Gasteiger partial charge in [-0.15, -0.1) is 0 Å². The number of rotatable bonds is 4. The third-order valence-electron chi connectivity index (χ3n) is 4.76. The van der Waals surface area contributed by atoms with Crippen molar-refractivity contribution in [2.45, 2.75) is 19.3 Å². The predicted octanol–water partition coefficient (Wildman–Crippen LogP) is 1.17. The Labute approximate surface area is 140 Å². The van der Waals surface area contributed by atoms with Crippen LogP contribution in [0.2, 0.25) is 0 Å².